The van der Waals surface area contributed by atoms with Gasteiger partial charge < -0.3 is 0 Å². The number of rotatable bonds is 5. The molecule has 7 nitrogen and oxygen atoms in total. The molecule has 0 saturated carbocycles. The maximum Gasteiger partial charge on any atom is 0.271 e. The van der Waals surface area contributed by atoms with E-state index < -0.39 is 26.0 Å². The fraction of sp³-hybridized carbons (Fsp3) is 0.0800. The molecular weight excluding hydrogens is 440 g/mol. The van der Waals surface area contributed by atoms with Crippen LogP contribution in [0.1, 0.15) is 22.1 Å². The number of sulfone groups is 1. The zero-order chi connectivity index (χ0) is 23.6. The summed E-state index contributed by atoms with van der Waals surface area (Å²) in [6, 6.07) is 21.6. The van der Waals surface area contributed by atoms with Gasteiger partial charge in [0, 0.05) is 17.8 Å². The van der Waals surface area contributed by atoms with E-state index in [-0.39, 0.29) is 16.2 Å². The van der Waals surface area contributed by atoms with Gasteiger partial charge in [0.15, 0.2) is 5.37 Å². The number of nitro groups is 1. The van der Waals surface area contributed by atoms with Gasteiger partial charge in [-0.2, -0.15) is 0 Å². The molecule has 0 bridgehead atoms. The lowest BCUT2D eigenvalue weighted by Gasteiger charge is -2.23. The van der Waals surface area contributed by atoms with Crippen molar-refractivity contribution in [3.05, 3.63) is 123 Å². The van der Waals surface area contributed by atoms with E-state index in [4.69, 9.17) is 0 Å². The van der Waals surface area contributed by atoms with Gasteiger partial charge in [-0.25, -0.2) is 8.42 Å². The largest absolute Gasteiger partial charge is 0.286 e. The average Bonchev–Trinajstić information content (AvgIpc) is 3.00. The second-order valence-electron chi connectivity index (χ2n) is 7.56. The number of benzene rings is 3. The van der Waals surface area contributed by atoms with Crippen LogP contribution in [0.2, 0.25) is 0 Å². The Labute approximate surface area is 191 Å². The van der Waals surface area contributed by atoms with Crippen LogP contribution in [-0.4, -0.2) is 19.2 Å². The van der Waals surface area contributed by atoms with Crippen molar-refractivity contribution in [2.75, 3.05) is 4.90 Å². The van der Waals surface area contributed by atoms with Crippen molar-refractivity contribution in [2.24, 2.45) is 0 Å². The predicted octanol–water partition coefficient (Wildman–Crippen LogP) is 4.96. The van der Waals surface area contributed by atoms with E-state index in [1.54, 1.807) is 24.3 Å². The van der Waals surface area contributed by atoms with Crippen LogP contribution in [-0.2, 0) is 14.6 Å². The molecule has 4 rings (SSSR count). The molecule has 0 unspecified atom stereocenters. The van der Waals surface area contributed by atoms with Crippen LogP contribution in [0.15, 0.2) is 95.9 Å². The van der Waals surface area contributed by atoms with E-state index in [2.05, 4.69) is 0 Å². The van der Waals surface area contributed by atoms with Crippen molar-refractivity contribution in [2.45, 2.75) is 12.3 Å². The molecule has 8 heteroatoms. The summed E-state index contributed by atoms with van der Waals surface area (Å²) < 4.78 is 27.1. The number of hydrogen-bond acceptors (Lipinski definition) is 5. The Morgan fingerprint density at radius 2 is 1.70 bits per heavy atom. The van der Waals surface area contributed by atoms with Gasteiger partial charge in [-0.15, -0.1) is 0 Å². The number of aryl methyl sites for hydroxylation is 1. The van der Waals surface area contributed by atoms with E-state index >= 15 is 0 Å². The minimum atomic E-state index is -4.17. The molecule has 3 aromatic carbocycles. The summed E-state index contributed by atoms with van der Waals surface area (Å²) in [4.78, 5) is 24.9. The molecule has 0 aliphatic carbocycles. The second-order valence-corrected chi connectivity index (χ2v) is 9.54. The van der Waals surface area contributed by atoms with Crippen LogP contribution in [0.5, 0.6) is 0 Å². The first-order valence-electron chi connectivity index (χ1n) is 10.1. The number of nitro benzene ring substituents is 1. The van der Waals surface area contributed by atoms with E-state index in [9.17, 15) is 23.3 Å². The lowest BCUT2D eigenvalue weighted by molar-refractivity contribution is -0.384. The number of anilines is 1. The van der Waals surface area contributed by atoms with E-state index in [0.29, 0.717) is 5.69 Å². The highest BCUT2D eigenvalue weighted by Gasteiger charge is 2.50. The third-order valence-electron chi connectivity index (χ3n) is 5.25. The van der Waals surface area contributed by atoms with Gasteiger partial charge in [0.25, 0.3) is 11.6 Å². The summed E-state index contributed by atoms with van der Waals surface area (Å²) in [5.74, 6) is -0.685. The van der Waals surface area contributed by atoms with Gasteiger partial charge in [-0.05, 0) is 41.8 Å². The number of hydrogen-bond donors (Lipinski definition) is 0. The van der Waals surface area contributed by atoms with Gasteiger partial charge in [0.05, 0.1) is 4.92 Å². The predicted molar refractivity (Wildman–Crippen MR) is 127 cm³/mol. The van der Waals surface area contributed by atoms with Gasteiger partial charge in [0.2, 0.25) is 9.84 Å². The first-order valence-corrected chi connectivity index (χ1v) is 11.7. The summed E-state index contributed by atoms with van der Waals surface area (Å²) in [7, 11) is -4.17. The lowest BCUT2D eigenvalue weighted by Crippen LogP contribution is -2.29. The van der Waals surface area contributed by atoms with Crippen molar-refractivity contribution >= 4 is 33.2 Å². The molecule has 3 aromatic rings. The van der Waals surface area contributed by atoms with Crippen molar-refractivity contribution in [3.8, 4) is 0 Å². The molecule has 1 aliphatic heterocycles. The van der Waals surface area contributed by atoms with Crippen molar-refractivity contribution in [1.29, 1.82) is 0 Å². The molecule has 1 fully saturated rings. The zero-order valence-corrected chi connectivity index (χ0v) is 18.5. The van der Waals surface area contributed by atoms with Crippen LogP contribution in [0.4, 0.5) is 11.4 Å². The fourth-order valence-electron chi connectivity index (χ4n) is 3.73. The SMILES string of the molecule is Cc1cccc(N2C(=O)/C(=C/C=C\c3ccccc3)S(=O)(=O)[C@@H]2c2cccc([N+](=O)[O-])c2)c1. The molecule has 166 valence electrons. The van der Waals surface area contributed by atoms with Crippen LogP contribution >= 0.6 is 0 Å². The smallest absolute Gasteiger partial charge is 0.271 e. The fourth-order valence-corrected chi connectivity index (χ4v) is 5.58. The maximum absolute atomic E-state index is 13.6. The van der Waals surface area contributed by atoms with E-state index in [1.165, 1.54) is 41.3 Å². The average molecular weight is 461 g/mol. The Balaban J connectivity index is 1.86. The second kappa shape index (κ2) is 8.84. The molecule has 0 spiro atoms. The topological polar surface area (TPSA) is 97.6 Å². The molecule has 1 atom stereocenters. The number of nitrogens with zero attached hydrogens (tertiary/aromatic N) is 2. The Morgan fingerprint density at radius 1 is 0.970 bits per heavy atom. The third kappa shape index (κ3) is 4.33. The normalized spacial score (nSPS) is 18.8. The molecule has 1 saturated heterocycles. The summed E-state index contributed by atoms with van der Waals surface area (Å²) in [6.45, 7) is 1.83. The standard InChI is InChI=1S/C25H20N2O5S/c1-18-8-5-13-21(16-18)26-24(28)23(15-6-11-19-9-3-2-4-10-19)33(31,32)25(26)20-12-7-14-22(17-20)27(29)30/h2-17,25H,1H3/b11-6-,23-15-/t25-/m1/s1. The van der Waals surface area contributed by atoms with Crippen molar-refractivity contribution in [1.82, 2.24) is 0 Å². The first-order chi connectivity index (χ1) is 15.8. The molecule has 0 aromatic heterocycles. The monoisotopic (exact) mass is 460 g/mol. The molecule has 1 heterocycles. The summed E-state index contributed by atoms with van der Waals surface area (Å²) in [5.41, 5.74) is 1.99. The first kappa shape index (κ1) is 22.2. The molecular formula is C25H20N2O5S. The number of allylic oxidation sites excluding steroid dienone is 2. The highest BCUT2D eigenvalue weighted by Crippen LogP contribution is 2.43. The van der Waals surface area contributed by atoms with E-state index in [1.807, 2.05) is 43.3 Å². The quantitative estimate of drug-likeness (QED) is 0.304. The molecule has 0 N–H and O–H groups in total. The highest BCUT2D eigenvalue weighted by molar-refractivity contribution is 7.97. The Bertz CT molecular complexity index is 1400. The lowest BCUT2D eigenvalue weighted by atomic mass is 10.1. The zero-order valence-electron chi connectivity index (χ0n) is 17.7. The van der Waals surface area contributed by atoms with Crippen LogP contribution in [0.25, 0.3) is 6.08 Å². The summed E-state index contributed by atoms with van der Waals surface area (Å²) >= 11 is 0. The number of carbonyl (C=O) groups excluding carboxylic acids is 1. The Kier molecular flexibility index (Phi) is 5.93. The minimum absolute atomic E-state index is 0.148. The van der Waals surface area contributed by atoms with E-state index in [0.717, 1.165) is 11.1 Å². The number of carbonyl (C=O) groups is 1. The van der Waals surface area contributed by atoms with Gasteiger partial charge >= 0.3 is 0 Å². The van der Waals surface area contributed by atoms with Gasteiger partial charge in [-0.1, -0.05) is 66.7 Å². The Morgan fingerprint density at radius 3 is 2.39 bits per heavy atom. The summed E-state index contributed by atoms with van der Waals surface area (Å²) in [5, 5.41) is 9.87. The molecule has 33 heavy (non-hydrogen) atoms. The maximum atomic E-state index is 13.6. The number of amides is 1. The summed E-state index contributed by atoms with van der Waals surface area (Å²) in [6.07, 6.45) is 4.50. The molecule has 1 aliphatic rings. The van der Waals surface area contributed by atoms with Crippen molar-refractivity contribution in [3.63, 3.8) is 0 Å². The molecule has 1 amide bonds. The van der Waals surface area contributed by atoms with Gasteiger partial charge in [0.1, 0.15) is 4.91 Å². The van der Waals surface area contributed by atoms with Crippen LogP contribution in [0, 0.1) is 17.0 Å². The molecule has 0 radical (unpaired) electrons. The van der Waals surface area contributed by atoms with Crippen molar-refractivity contribution < 1.29 is 18.1 Å². The van der Waals surface area contributed by atoms with Gasteiger partial charge in [-0.3, -0.25) is 19.8 Å². The van der Waals surface area contributed by atoms with Crippen LogP contribution in [0.3, 0.4) is 0 Å². The minimum Gasteiger partial charge on any atom is -0.286 e. The Hall–Kier alpha value is -4.04. The highest BCUT2D eigenvalue weighted by atomic mass is 32.2. The third-order valence-corrected chi connectivity index (χ3v) is 7.24. The van der Waals surface area contributed by atoms with Crippen LogP contribution < -0.4 is 4.90 Å². The number of non-ortho nitro benzene ring substituents is 1.